The summed E-state index contributed by atoms with van der Waals surface area (Å²) in [4.78, 5) is 10.3. The minimum atomic E-state index is 0.633. The van der Waals surface area contributed by atoms with Crippen LogP contribution in [0.1, 0.15) is 5.56 Å². The highest BCUT2D eigenvalue weighted by Gasteiger charge is 2.17. The van der Waals surface area contributed by atoms with Crippen LogP contribution < -0.4 is 0 Å². The summed E-state index contributed by atoms with van der Waals surface area (Å²) in [6, 6.07) is 59.0. The molecule has 0 spiro atoms. The van der Waals surface area contributed by atoms with Gasteiger partial charge >= 0.3 is 0 Å². The van der Waals surface area contributed by atoms with E-state index in [1.165, 1.54) is 21.8 Å². The van der Waals surface area contributed by atoms with Gasteiger partial charge in [0.1, 0.15) is 0 Å². The first-order valence-corrected chi connectivity index (χ1v) is 16.6. The molecular formula is C45H27N5. The molecule has 3 aromatic heterocycles. The van der Waals surface area contributed by atoms with Crippen LogP contribution >= 0.6 is 0 Å². The van der Waals surface area contributed by atoms with Crippen molar-refractivity contribution < 1.29 is 0 Å². The summed E-state index contributed by atoms with van der Waals surface area (Å²) in [6.45, 7) is 0. The number of hydrogen-bond acceptors (Lipinski definition) is 3. The molecule has 3 heterocycles. The van der Waals surface area contributed by atoms with E-state index in [-0.39, 0.29) is 0 Å². The Balaban J connectivity index is 1.12. The normalized spacial score (nSPS) is 11.6. The van der Waals surface area contributed by atoms with Gasteiger partial charge in [0.25, 0.3) is 0 Å². The number of benzene rings is 7. The number of para-hydroxylation sites is 4. The Labute approximate surface area is 287 Å². The molecule has 232 valence electrons. The van der Waals surface area contributed by atoms with E-state index < -0.39 is 0 Å². The van der Waals surface area contributed by atoms with Crippen LogP contribution in [0.15, 0.2) is 164 Å². The highest BCUT2D eigenvalue weighted by atomic mass is 15.0. The van der Waals surface area contributed by atoms with Crippen LogP contribution in [0.5, 0.6) is 0 Å². The van der Waals surface area contributed by atoms with Crippen molar-refractivity contribution in [3.05, 3.63) is 169 Å². The van der Waals surface area contributed by atoms with Gasteiger partial charge in [-0.1, -0.05) is 84.9 Å². The average Bonchev–Trinajstić information content (AvgIpc) is 3.70. The molecule has 50 heavy (non-hydrogen) atoms. The van der Waals surface area contributed by atoms with Gasteiger partial charge in [0.05, 0.1) is 44.9 Å². The zero-order valence-electron chi connectivity index (χ0n) is 26.8. The fraction of sp³-hybridized carbons (Fsp3) is 0. The maximum absolute atomic E-state index is 9.60. The van der Waals surface area contributed by atoms with E-state index in [1.807, 2.05) is 30.3 Å². The fourth-order valence-corrected chi connectivity index (χ4v) is 7.50. The van der Waals surface area contributed by atoms with Crippen LogP contribution in [0.3, 0.4) is 0 Å². The Bertz CT molecular complexity index is 2940. The van der Waals surface area contributed by atoms with Crippen molar-refractivity contribution in [2.24, 2.45) is 0 Å². The first kappa shape index (κ1) is 28.0. The second-order valence-corrected chi connectivity index (χ2v) is 12.6. The van der Waals surface area contributed by atoms with Gasteiger partial charge < -0.3 is 9.13 Å². The molecule has 5 nitrogen and oxygen atoms in total. The SMILES string of the molecule is N#Cc1cccc(-n2c3ccccc3c3cc(-c4nc(-c5ccc(-n6c7ccccc7c7ccccc76)cc5)nc5ccccc45)ccc32)c1. The largest absolute Gasteiger partial charge is 0.309 e. The van der Waals surface area contributed by atoms with E-state index in [0.29, 0.717) is 11.4 Å². The van der Waals surface area contributed by atoms with Gasteiger partial charge in [-0.25, -0.2) is 9.97 Å². The number of nitriles is 1. The maximum Gasteiger partial charge on any atom is 0.160 e. The third-order valence-electron chi connectivity index (χ3n) is 9.75. The Morgan fingerprint density at radius 1 is 0.420 bits per heavy atom. The van der Waals surface area contributed by atoms with Gasteiger partial charge in [0.15, 0.2) is 5.82 Å². The highest BCUT2D eigenvalue weighted by Crippen LogP contribution is 2.37. The third kappa shape index (κ3) is 4.26. The van der Waals surface area contributed by atoms with Crippen molar-refractivity contribution in [1.29, 1.82) is 5.26 Å². The summed E-state index contributed by atoms with van der Waals surface area (Å²) < 4.78 is 4.56. The second kappa shape index (κ2) is 11.0. The monoisotopic (exact) mass is 637 g/mol. The van der Waals surface area contributed by atoms with Crippen molar-refractivity contribution in [1.82, 2.24) is 19.1 Å². The van der Waals surface area contributed by atoms with Crippen LogP contribution in [0.2, 0.25) is 0 Å². The number of rotatable bonds is 4. The topological polar surface area (TPSA) is 59.4 Å². The van der Waals surface area contributed by atoms with Crippen LogP contribution in [0.4, 0.5) is 0 Å². The average molecular weight is 638 g/mol. The van der Waals surface area contributed by atoms with Crippen molar-refractivity contribution in [2.75, 3.05) is 0 Å². The molecule has 7 aromatic carbocycles. The maximum atomic E-state index is 9.60. The minimum Gasteiger partial charge on any atom is -0.309 e. The minimum absolute atomic E-state index is 0.633. The summed E-state index contributed by atoms with van der Waals surface area (Å²) in [5.74, 6) is 0.684. The molecule has 0 unspecified atom stereocenters. The van der Waals surface area contributed by atoms with Crippen molar-refractivity contribution in [3.63, 3.8) is 0 Å². The van der Waals surface area contributed by atoms with E-state index in [1.54, 1.807) is 0 Å². The molecule has 0 bridgehead atoms. The lowest BCUT2D eigenvalue weighted by atomic mass is 10.0. The number of aromatic nitrogens is 4. The van der Waals surface area contributed by atoms with Gasteiger partial charge in [-0.15, -0.1) is 0 Å². The molecule has 0 amide bonds. The molecule has 0 radical (unpaired) electrons. The second-order valence-electron chi connectivity index (χ2n) is 12.6. The van der Waals surface area contributed by atoms with Crippen LogP contribution in [-0.2, 0) is 0 Å². The smallest absolute Gasteiger partial charge is 0.160 e. The molecule has 0 atom stereocenters. The first-order valence-electron chi connectivity index (χ1n) is 16.6. The Morgan fingerprint density at radius 2 is 0.980 bits per heavy atom. The summed E-state index contributed by atoms with van der Waals surface area (Å²) in [5, 5.41) is 15.4. The quantitative estimate of drug-likeness (QED) is 0.193. The summed E-state index contributed by atoms with van der Waals surface area (Å²) in [5.41, 5.74) is 11.0. The van der Waals surface area contributed by atoms with E-state index >= 15 is 0 Å². The predicted octanol–water partition coefficient (Wildman–Crippen LogP) is 11.0. The summed E-state index contributed by atoms with van der Waals surface area (Å²) >= 11 is 0. The number of fused-ring (bicyclic) bond motifs is 7. The third-order valence-corrected chi connectivity index (χ3v) is 9.75. The molecule has 0 saturated heterocycles. The Morgan fingerprint density at radius 3 is 1.66 bits per heavy atom. The lowest BCUT2D eigenvalue weighted by Gasteiger charge is -2.12. The zero-order chi connectivity index (χ0) is 33.2. The van der Waals surface area contributed by atoms with E-state index in [9.17, 15) is 5.26 Å². The lowest BCUT2D eigenvalue weighted by Crippen LogP contribution is -1.97. The van der Waals surface area contributed by atoms with Gasteiger partial charge in [-0.2, -0.15) is 5.26 Å². The van der Waals surface area contributed by atoms with Crippen LogP contribution in [0.25, 0.3) is 88.5 Å². The molecule has 0 N–H and O–H groups in total. The van der Waals surface area contributed by atoms with Gasteiger partial charge in [-0.3, -0.25) is 0 Å². The van der Waals surface area contributed by atoms with Crippen molar-refractivity contribution in [3.8, 4) is 40.1 Å². The number of nitrogens with zero attached hydrogens (tertiary/aromatic N) is 5. The molecule has 0 saturated carbocycles. The first-order chi connectivity index (χ1) is 24.7. The standard InChI is InChI=1S/C45H27N5/c46-28-29-10-9-11-33(26-29)50-42-19-8-4-14-36(42)38-27-31(22-25-43(38)50)44-37-15-1-5-16-39(37)47-45(48-44)30-20-23-32(24-21-30)49-40-17-6-2-12-34(40)35-13-3-7-18-41(35)49/h1-27H. The van der Waals surface area contributed by atoms with E-state index in [0.717, 1.165) is 60.9 Å². The molecule has 0 aliphatic heterocycles. The Kier molecular flexibility index (Phi) is 6.17. The molecule has 0 fully saturated rings. The molecule has 5 heteroatoms. The summed E-state index contributed by atoms with van der Waals surface area (Å²) in [6.07, 6.45) is 0. The Hall–Kier alpha value is -7.03. The van der Waals surface area contributed by atoms with Crippen LogP contribution in [0, 0.1) is 11.3 Å². The highest BCUT2D eigenvalue weighted by molar-refractivity contribution is 6.11. The lowest BCUT2D eigenvalue weighted by molar-refractivity contribution is 1.17. The van der Waals surface area contributed by atoms with E-state index in [4.69, 9.17) is 9.97 Å². The molecule has 0 aliphatic carbocycles. The number of hydrogen-bond donors (Lipinski definition) is 0. The summed E-state index contributed by atoms with van der Waals surface area (Å²) in [7, 11) is 0. The van der Waals surface area contributed by atoms with Crippen LogP contribution in [-0.4, -0.2) is 19.1 Å². The van der Waals surface area contributed by atoms with Crippen molar-refractivity contribution in [2.45, 2.75) is 0 Å². The van der Waals surface area contributed by atoms with Gasteiger partial charge in [0.2, 0.25) is 0 Å². The van der Waals surface area contributed by atoms with Crippen molar-refractivity contribution >= 4 is 54.5 Å². The van der Waals surface area contributed by atoms with Gasteiger partial charge in [-0.05, 0) is 78.9 Å². The van der Waals surface area contributed by atoms with E-state index in [2.05, 4.69) is 149 Å². The fourth-order valence-electron chi connectivity index (χ4n) is 7.50. The van der Waals surface area contributed by atoms with Gasteiger partial charge in [0, 0.05) is 49.4 Å². The zero-order valence-corrected chi connectivity index (χ0v) is 26.8. The molecule has 10 aromatic rings. The molecule has 0 aliphatic rings. The predicted molar refractivity (Wildman–Crippen MR) is 204 cm³/mol. The molecular weight excluding hydrogens is 611 g/mol. The molecule has 10 rings (SSSR count).